The minimum absolute atomic E-state index is 0. The van der Waals surface area contributed by atoms with Gasteiger partial charge in [-0.3, -0.25) is 0 Å². The van der Waals surface area contributed by atoms with Gasteiger partial charge >= 0.3 is 0 Å². The second kappa shape index (κ2) is 11.1. The zero-order valence-corrected chi connectivity index (χ0v) is 18.4. The van der Waals surface area contributed by atoms with E-state index in [1.807, 2.05) is 31.3 Å². The summed E-state index contributed by atoms with van der Waals surface area (Å²) in [6, 6.07) is 0. The number of rotatable bonds is 8. The van der Waals surface area contributed by atoms with Crippen molar-refractivity contribution in [3.05, 3.63) is 11.1 Å². The molecule has 0 bridgehead atoms. The van der Waals surface area contributed by atoms with Crippen LogP contribution >= 0.6 is 35.3 Å². The number of halogens is 1. The average molecular weight is 483 g/mol. The summed E-state index contributed by atoms with van der Waals surface area (Å²) < 4.78 is 5.54. The van der Waals surface area contributed by atoms with E-state index < -0.39 is 0 Å². The number of aliphatic imine (C=N–C) groups is 1. The minimum Gasteiger partial charge on any atom is -0.396 e. The number of thiazole rings is 1. The highest BCUT2D eigenvalue weighted by molar-refractivity contribution is 14.0. The van der Waals surface area contributed by atoms with Gasteiger partial charge in [-0.1, -0.05) is 0 Å². The number of nitrogens with one attached hydrogen (secondary N) is 2. The highest BCUT2D eigenvalue weighted by Crippen LogP contribution is 2.31. The van der Waals surface area contributed by atoms with E-state index in [9.17, 15) is 5.11 Å². The first kappa shape index (κ1) is 22.4. The van der Waals surface area contributed by atoms with E-state index in [1.54, 1.807) is 11.3 Å². The Morgan fingerprint density at radius 1 is 1.48 bits per heavy atom. The Balaban J connectivity index is 0.00000312. The molecule has 1 aromatic heterocycles. The predicted octanol–water partition coefficient (Wildman–Crippen LogP) is 1.67. The Bertz CT molecular complexity index is 532. The summed E-state index contributed by atoms with van der Waals surface area (Å²) in [5, 5.41) is 19.0. The fourth-order valence-corrected chi connectivity index (χ4v) is 3.41. The standard InChI is InChI=1S/C16H29N5O2S.HI/c1-4-17-14(18-9-13-10-24-15(20-13)21(2)3)19-11-16(5-7-22)6-8-23-12-16;/h10,22H,4-9,11-12H2,1-3H3,(H2,17,18,19);1H. The van der Waals surface area contributed by atoms with Crippen molar-refractivity contribution < 1.29 is 9.84 Å². The molecule has 1 aliphatic heterocycles. The third kappa shape index (κ3) is 6.87. The first-order valence-electron chi connectivity index (χ1n) is 8.41. The lowest BCUT2D eigenvalue weighted by Crippen LogP contribution is -2.44. The first-order valence-corrected chi connectivity index (χ1v) is 9.29. The third-order valence-corrected chi connectivity index (χ3v) is 5.18. The lowest BCUT2D eigenvalue weighted by atomic mass is 9.84. The number of nitrogens with zero attached hydrogens (tertiary/aromatic N) is 3. The van der Waals surface area contributed by atoms with Crippen molar-refractivity contribution in [3.8, 4) is 0 Å². The second-order valence-electron chi connectivity index (χ2n) is 6.34. The highest BCUT2D eigenvalue weighted by Gasteiger charge is 2.34. The molecular weight excluding hydrogens is 453 g/mol. The van der Waals surface area contributed by atoms with Gasteiger partial charge in [0, 0.05) is 51.2 Å². The molecule has 1 unspecified atom stereocenters. The maximum absolute atomic E-state index is 9.32. The van der Waals surface area contributed by atoms with Crippen molar-refractivity contribution in [1.29, 1.82) is 0 Å². The molecule has 1 aromatic rings. The smallest absolute Gasteiger partial charge is 0.191 e. The van der Waals surface area contributed by atoms with Crippen LogP contribution in [0.2, 0.25) is 0 Å². The van der Waals surface area contributed by atoms with E-state index >= 15 is 0 Å². The molecule has 7 nitrogen and oxygen atoms in total. The van der Waals surface area contributed by atoms with Crippen molar-refractivity contribution in [1.82, 2.24) is 15.6 Å². The van der Waals surface area contributed by atoms with Crippen LogP contribution in [-0.4, -0.2) is 63.1 Å². The van der Waals surface area contributed by atoms with Crippen LogP contribution in [0.1, 0.15) is 25.5 Å². The van der Waals surface area contributed by atoms with Gasteiger partial charge < -0.3 is 25.4 Å². The number of aliphatic hydroxyl groups is 1. The lowest BCUT2D eigenvalue weighted by Gasteiger charge is -2.27. The maximum atomic E-state index is 9.32. The Kier molecular flexibility index (Phi) is 9.98. The molecule has 2 heterocycles. The van der Waals surface area contributed by atoms with Crippen LogP contribution in [0.3, 0.4) is 0 Å². The Morgan fingerprint density at radius 2 is 2.28 bits per heavy atom. The van der Waals surface area contributed by atoms with Crippen LogP contribution < -0.4 is 15.5 Å². The zero-order chi connectivity index (χ0) is 17.4. The minimum atomic E-state index is 0. The van der Waals surface area contributed by atoms with Crippen LogP contribution in [0.5, 0.6) is 0 Å². The summed E-state index contributed by atoms with van der Waals surface area (Å²) in [6.07, 6.45) is 1.72. The van der Waals surface area contributed by atoms with E-state index in [0.717, 1.165) is 49.3 Å². The summed E-state index contributed by atoms with van der Waals surface area (Å²) in [7, 11) is 3.98. The Labute approximate surface area is 171 Å². The molecule has 0 saturated carbocycles. The molecular formula is C16H30IN5O2S. The van der Waals surface area contributed by atoms with E-state index in [0.29, 0.717) is 13.2 Å². The summed E-state index contributed by atoms with van der Waals surface area (Å²) in [5.74, 6) is 0.779. The van der Waals surface area contributed by atoms with E-state index in [4.69, 9.17) is 4.74 Å². The van der Waals surface area contributed by atoms with Crippen LogP contribution in [-0.2, 0) is 11.3 Å². The Hall–Kier alpha value is -0.650. The van der Waals surface area contributed by atoms with Crippen LogP contribution in [0.4, 0.5) is 5.13 Å². The number of hydrogen-bond donors (Lipinski definition) is 3. The summed E-state index contributed by atoms with van der Waals surface area (Å²) >= 11 is 1.62. The fourth-order valence-electron chi connectivity index (χ4n) is 2.66. The van der Waals surface area contributed by atoms with Gasteiger partial charge in [0.15, 0.2) is 11.1 Å². The van der Waals surface area contributed by atoms with Crippen molar-refractivity contribution >= 4 is 46.4 Å². The topological polar surface area (TPSA) is 82.0 Å². The van der Waals surface area contributed by atoms with Crippen molar-refractivity contribution in [2.24, 2.45) is 10.4 Å². The number of ether oxygens (including phenoxy) is 1. The van der Waals surface area contributed by atoms with Gasteiger partial charge in [0.25, 0.3) is 0 Å². The first-order chi connectivity index (χ1) is 11.6. The van der Waals surface area contributed by atoms with Gasteiger partial charge in [-0.05, 0) is 19.8 Å². The molecule has 0 spiro atoms. The van der Waals surface area contributed by atoms with Crippen molar-refractivity contribution in [3.63, 3.8) is 0 Å². The maximum Gasteiger partial charge on any atom is 0.191 e. The highest BCUT2D eigenvalue weighted by atomic mass is 127. The zero-order valence-electron chi connectivity index (χ0n) is 15.2. The molecule has 1 atom stereocenters. The van der Waals surface area contributed by atoms with Gasteiger partial charge in [-0.2, -0.15) is 0 Å². The molecule has 0 radical (unpaired) electrons. The van der Waals surface area contributed by atoms with Crippen molar-refractivity contribution in [2.45, 2.75) is 26.3 Å². The molecule has 0 aliphatic carbocycles. The summed E-state index contributed by atoms with van der Waals surface area (Å²) in [4.78, 5) is 11.2. The van der Waals surface area contributed by atoms with E-state index in [-0.39, 0.29) is 36.0 Å². The molecule has 1 aliphatic rings. The van der Waals surface area contributed by atoms with Gasteiger partial charge in [0.05, 0.1) is 18.8 Å². The fraction of sp³-hybridized carbons (Fsp3) is 0.750. The quantitative estimate of drug-likeness (QED) is 0.297. The van der Waals surface area contributed by atoms with Crippen LogP contribution in [0, 0.1) is 5.41 Å². The molecule has 144 valence electrons. The second-order valence-corrected chi connectivity index (χ2v) is 7.18. The number of anilines is 1. The molecule has 1 saturated heterocycles. The normalized spacial score (nSPS) is 20.2. The predicted molar refractivity (Wildman–Crippen MR) is 114 cm³/mol. The molecule has 0 amide bonds. The van der Waals surface area contributed by atoms with Crippen molar-refractivity contribution in [2.75, 3.05) is 51.9 Å². The molecule has 9 heteroatoms. The summed E-state index contributed by atoms with van der Waals surface area (Å²) in [5.41, 5.74) is 0.971. The lowest BCUT2D eigenvalue weighted by molar-refractivity contribution is 0.127. The number of aromatic nitrogens is 1. The molecule has 1 fully saturated rings. The van der Waals surface area contributed by atoms with Gasteiger partial charge in [0.2, 0.25) is 0 Å². The average Bonchev–Trinajstić information content (AvgIpc) is 3.20. The largest absolute Gasteiger partial charge is 0.396 e. The summed E-state index contributed by atoms with van der Waals surface area (Å²) in [6.45, 7) is 5.79. The number of guanidine groups is 1. The number of aliphatic hydroxyl groups excluding tert-OH is 1. The molecule has 25 heavy (non-hydrogen) atoms. The van der Waals surface area contributed by atoms with Gasteiger partial charge in [-0.25, -0.2) is 9.98 Å². The molecule has 3 N–H and O–H groups in total. The van der Waals surface area contributed by atoms with E-state index in [1.165, 1.54) is 0 Å². The number of hydrogen-bond acceptors (Lipinski definition) is 6. The van der Waals surface area contributed by atoms with Crippen LogP contribution in [0.15, 0.2) is 10.4 Å². The van der Waals surface area contributed by atoms with Gasteiger partial charge in [0.1, 0.15) is 0 Å². The third-order valence-electron chi connectivity index (χ3n) is 4.12. The Morgan fingerprint density at radius 3 is 2.84 bits per heavy atom. The molecule has 2 rings (SSSR count). The SMILES string of the molecule is CCNC(=NCc1csc(N(C)C)n1)NCC1(CCO)CCOC1.I. The van der Waals surface area contributed by atoms with Crippen LogP contribution in [0.25, 0.3) is 0 Å². The van der Waals surface area contributed by atoms with Gasteiger partial charge in [-0.15, -0.1) is 35.3 Å². The van der Waals surface area contributed by atoms with E-state index in [2.05, 4.69) is 20.6 Å². The molecule has 0 aromatic carbocycles. The monoisotopic (exact) mass is 483 g/mol.